The highest BCUT2D eigenvalue weighted by Crippen LogP contribution is 2.26. The summed E-state index contributed by atoms with van der Waals surface area (Å²) in [5, 5.41) is 3.88. The minimum atomic E-state index is -0.335. The number of carbonyl (C=O) groups is 1. The first-order valence-electron chi connectivity index (χ1n) is 7.01. The van der Waals surface area contributed by atoms with Gasteiger partial charge in [0.15, 0.2) is 18.1 Å². The van der Waals surface area contributed by atoms with E-state index in [1.165, 1.54) is 0 Å². The highest BCUT2D eigenvalue weighted by atomic mass is 16.5. The predicted octanol–water partition coefficient (Wildman–Crippen LogP) is 2.61. The number of carbonyl (C=O) groups excluding carboxylic acids is 1. The quantitative estimate of drug-likeness (QED) is 0.631. The third-order valence-corrected chi connectivity index (χ3v) is 2.71. The lowest BCUT2D eigenvalue weighted by molar-refractivity contribution is -0.123. The number of ether oxygens (including phenoxy) is 2. The highest BCUT2D eigenvalue weighted by molar-refractivity contribution is 5.82. The lowest BCUT2D eigenvalue weighted by atomic mass is 10.2. The second kappa shape index (κ2) is 8.46. The van der Waals surface area contributed by atoms with Crippen LogP contribution in [0.5, 0.6) is 11.5 Å². The van der Waals surface area contributed by atoms with Crippen LogP contribution in [0.25, 0.3) is 0 Å². The molecule has 0 saturated carbocycles. The van der Waals surface area contributed by atoms with Gasteiger partial charge in [0.25, 0.3) is 5.91 Å². The summed E-state index contributed by atoms with van der Waals surface area (Å²) < 4.78 is 10.9. The summed E-state index contributed by atoms with van der Waals surface area (Å²) in [6, 6.07) is 16.7. The van der Waals surface area contributed by atoms with E-state index >= 15 is 0 Å². The fourth-order valence-electron chi connectivity index (χ4n) is 1.74. The smallest absolute Gasteiger partial charge is 0.277 e. The van der Waals surface area contributed by atoms with E-state index in [-0.39, 0.29) is 12.5 Å². The molecule has 2 aromatic rings. The van der Waals surface area contributed by atoms with Crippen molar-refractivity contribution < 1.29 is 14.3 Å². The van der Waals surface area contributed by atoms with Gasteiger partial charge in [0.2, 0.25) is 0 Å². The largest absolute Gasteiger partial charge is 0.490 e. The van der Waals surface area contributed by atoms with Crippen molar-refractivity contribution in [2.24, 2.45) is 5.10 Å². The Morgan fingerprint density at radius 3 is 2.36 bits per heavy atom. The second-order valence-corrected chi connectivity index (χ2v) is 4.37. The van der Waals surface area contributed by atoms with Gasteiger partial charge in [-0.2, -0.15) is 5.10 Å². The Hall–Kier alpha value is -2.82. The van der Waals surface area contributed by atoms with Crippen LogP contribution in [0.1, 0.15) is 12.5 Å². The molecule has 0 aromatic heterocycles. The maximum absolute atomic E-state index is 11.7. The van der Waals surface area contributed by atoms with Crippen molar-refractivity contribution in [3.05, 3.63) is 60.2 Å². The molecule has 5 nitrogen and oxygen atoms in total. The number of hydrazone groups is 1. The summed E-state index contributed by atoms with van der Waals surface area (Å²) in [7, 11) is 0. The van der Waals surface area contributed by atoms with Crippen LogP contribution in [-0.2, 0) is 4.79 Å². The Labute approximate surface area is 129 Å². The van der Waals surface area contributed by atoms with Gasteiger partial charge in [-0.1, -0.05) is 42.5 Å². The lowest BCUT2D eigenvalue weighted by Crippen LogP contribution is -2.24. The van der Waals surface area contributed by atoms with Crippen molar-refractivity contribution in [1.29, 1.82) is 0 Å². The number of nitrogens with one attached hydrogen (secondary N) is 1. The van der Waals surface area contributed by atoms with Crippen LogP contribution < -0.4 is 14.9 Å². The Morgan fingerprint density at radius 1 is 1.05 bits per heavy atom. The fraction of sp³-hybridized carbons (Fsp3) is 0.176. The summed E-state index contributed by atoms with van der Waals surface area (Å²) in [5.74, 6) is 0.815. The van der Waals surface area contributed by atoms with Crippen molar-refractivity contribution in [3.63, 3.8) is 0 Å². The van der Waals surface area contributed by atoms with E-state index in [2.05, 4.69) is 10.5 Å². The number of nitrogens with zero attached hydrogens (tertiary/aromatic N) is 1. The zero-order valence-corrected chi connectivity index (χ0v) is 12.4. The topological polar surface area (TPSA) is 59.9 Å². The molecule has 2 aromatic carbocycles. The van der Waals surface area contributed by atoms with E-state index in [0.29, 0.717) is 18.1 Å². The Kier molecular flexibility index (Phi) is 5.99. The molecule has 1 N–H and O–H groups in total. The van der Waals surface area contributed by atoms with Crippen LogP contribution in [0, 0.1) is 0 Å². The minimum absolute atomic E-state index is 0.129. The van der Waals surface area contributed by atoms with E-state index in [0.717, 1.165) is 5.56 Å². The molecule has 2 rings (SSSR count). The fourth-order valence-corrected chi connectivity index (χ4v) is 1.74. The summed E-state index contributed by atoms with van der Waals surface area (Å²) >= 11 is 0. The molecular weight excluding hydrogens is 280 g/mol. The van der Waals surface area contributed by atoms with Gasteiger partial charge >= 0.3 is 0 Å². The van der Waals surface area contributed by atoms with Gasteiger partial charge in [-0.25, -0.2) is 5.43 Å². The molecule has 0 aliphatic heterocycles. The first kappa shape index (κ1) is 15.6. The van der Waals surface area contributed by atoms with Crippen molar-refractivity contribution in [3.8, 4) is 11.5 Å². The maximum Gasteiger partial charge on any atom is 0.277 e. The highest BCUT2D eigenvalue weighted by Gasteiger charge is 2.06. The van der Waals surface area contributed by atoms with Crippen molar-refractivity contribution in [2.45, 2.75) is 6.92 Å². The number of rotatable bonds is 7. The standard InChI is InChI=1S/C17H18N2O3/c1-2-21-15-10-6-7-11-16(15)22-13-17(20)19-18-12-14-8-4-3-5-9-14/h3-12H,2,13H2,1H3,(H,19,20)/b18-12-. The van der Waals surface area contributed by atoms with Gasteiger partial charge in [0.1, 0.15) is 0 Å². The average Bonchev–Trinajstić information content (AvgIpc) is 2.55. The molecule has 0 unspecified atom stereocenters. The van der Waals surface area contributed by atoms with E-state index in [1.807, 2.05) is 49.4 Å². The maximum atomic E-state index is 11.7. The Balaban J connectivity index is 1.82. The monoisotopic (exact) mass is 298 g/mol. The van der Waals surface area contributed by atoms with Gasteiger partial charge in [-0.3, -0.25) is 4.79 Å². The van der Waals surface area contributed by atoms with Crippen LogP contribution >= 0.6 is 0 Å². The molecule has 22 heavy (non-hydrogen) atoms. The van der Waals surface area contributed by atoms with Gasteiger partial charge in [-0.05, 0) is 24.6 Å². The molecule has 0 saturated heterocycles. The molecule has 0 aliphatic carbocycles. The number of amides is 1. The minimum Gasteiger partial charge on any atom is -0.490 e. The molecule has 0 heterocycles. The molecule has 0 radical (unpaired) electrons. The van der Waals surface area contributed by atoms with Crippen LogP contribution in [0.15, 0.2) is 59.7 Å². The van der Waals surface area contributed by atoms with Gasteiger partial charge in [0.05, 0.1) is 12.8 Å². The summed E-state index contributed by atoms with van der Waals surface area (Å²) in [5.41, 5.74) is 3.33. The van der Waals surface area contributed by atoms with Crippen LogP contribution in [0.2, 0.25) is 0 Å². The SMILES string of the molecule is CCOc1ccccc1OCC(=O)N/N=C\c1ccccc1. The molecule has 0 fully saturated rings. The molecule has 0 aliphatic rings. The first-order valence-corrected chi connectivity index (χ1v) is 7.01. The van der Waals surface area contributed by atoms with Crippen LogP contribution in [-0.4, -0.2) is 25.3 Å². The molecule has 1 amide bonds. The van der Waals surface area contributed by atoms with Crippen LogP contribution in [0.3, 0.4) is 0 Å². The van der Waals surface area contributed by atoms with Crippen LogP contribution in [0.4, 0.5) is 0 Å². The zero-order valence-electron chi connectivity index (χ0n) is 12.4. The number of benzene rings is 2. The van der Waals surface area contributed by atoms with E-state index in [9.17, 15) is 4.79 Å². The number of hydrogen-bond acceptors (Lipinski definition) is 4. The zero-order chi connectivity index (χ0) is 15.6. The normalized spacial score (nSPS) is 10.4. The Bertz CT molecular complexity index is 627. The third kappa shape index (κ3) is 4.94. The molecular formula is C17H18N2O3. The van der Waals surface area contributed by atoms with E-state index in [1.54, 1.807) is 18.3 Å². The third-order valence-electron chi connectivity index (χ3n) is 2.71. The van der Waals surface area contributed by atoms with Crippen molar-refractivity contribution in [1.82, 2.24) is 5.43 Å². The second-order valence-electron chi connectivity index (χ2n) is 4.37. The number of para-hydroxylation sites is 2. The molecule has 0 atom stereocenters. The summed E-state index contributed by atoms with van der Waals surface area (Å²) in [6.45, 7) is 2.30. The molecule has 5 heteroatoms. The predicted molar refractivity (Wildman–Crippen MR) is 85.3 cm³/mol. The van der Waals surface area contributed by atoms with Crippen molar-refractivity contribution in [2.75, 3.05) is 13.2 Å². The molecule has 0 bridgehead atoms. The number of hydrogen-bond donors (Lipinski definition) is 1. The van der Waals surface area contributed by atoms with Crippen molar-refractivity contribution >= 4 is 12.1 Å². The van der Waals surface area contributed by atoms with E-state index in [4.69, 9.17) is 9.47 Å². The summed E-state index contributed by atoms with van der Waals surface area (Å²) in [4.78, 5) is 11.7. The van der Waals surface area contributed by atoms with Gasteiger partial charge in [-0.15, -0.1) is 0 Å². The van der Waals surface area contributed by atoms with Gasteiger partial charge < -0.3 is 9.47 Å². The molecule has 0 spiro atoms. The van der Waals surface area contributed by atoms with E-state index < -0.39 is 0 Å². The summed E-state index contributed by atoms with van der Waals surface area (Å²) in [6.07, 6.45) is 1.58. The Morgan fingerprint density at radius 2 is 1.68 bits per heavy atom. The lowest BCUT2D eigenvalue weighted by Gasteiger charge is -2.10. The first-order chi connectivity index (χ1) is 10.8. The van der Waals surface area contributed by atoms with Gasteiger partial charge in [0, 0.05) is 0 Å². The average molecular weight is 298 g/mol. The molecule has 114 valence electrons.